The van der Waals surface area contributed by atoms with Crippen LogP contribution in [0.2, 0.25) is 0 Å². The van der Waals surface area contributed by atoms with Crippen molar-refractivity contribution in [2.24, 2.45) is 0 Å². The van der Waals surface area contributed by atoms with Crippen molar-refractivity contribution in [3.8, 4) is 5.75 Å². The molecular formula is C15H13FN2O4. The van der Waals surface area contributed by atoms with Crippen molar-refractivity contribution >= 4 is 17.3 Å². The Bertz CT molecular complexity index is 718. The zero-order valence-electron chi connectivity index (χ0n) is 11.7. The Morgan fingerprint density at radius 3 is 2.68 bits per heavy atom. The van der Waals surface area contributed by atoms with Crippen molar-refractivity contribution in [2.45, 2.75) is 6.42 Å². The van der Waals surface area contributed by atoms with Crippen LogP contribution in [0.5, 0.6) is 5.75 Å². The number of hydrogen-bond donors (Lipinski definition) is 1. The third kappa shape index (κ3) is 3.57. The summed E-state index contributed by atoms with van der Waals surface area (Å²) in [5.74, 6) is -0.748. The lowest BCUT2D eigenvalue weighted by Gasteiger charge is -2.10. The first-order chi connectivity index (χ1) is 10.5. The van der Waals surface area contributed by atoms with E-state index in [0.717, 1.165) is 0 Å². The number of rotatable bonds is 5. The average Bonchev–Trinajstić information content (AvgIpc) is 2.49. The number of nitrogens with zero attached hydrogens (tertiary/aromatic N) is 1. The van der Waals surface area contributed by atoms with Crippen molar-refractivity contribution < 1.29 is 18.8 Å². The normalized spacial score (nSPS) is 10.1. The summed E-state index contributed by atoms with van der Waals surface area (Å²) in [4.78, 5) is 22.1. The molecule has 0 aliphatic carbocycles. The van der Waals surface area contributed by atoms with Crippen LogP contribution in [0.4, 0.5) is 15.8 Å². The van der Waals surface area contributed by atoms with E-state index >= 15 is 0 Å². The van der Waals surface area contributed by atoms with Gasteiger partial charge in [0.2, 0.25) is 5.91 Å². The van der Waals surface area contributed by atoms with E-state index in [1.54, 1.807) is 6.07 Å². The van der Waals surface area contributed by atoms with Crippen LogP contribution >= 0.6 is 0 Å². The zero-order valence-corrected chi connectivity index (χ0v) is 11.7. The van der Waals surface area contributed by atoms with Crippen molar-refractivity contribution in [1.29, 1.82) is 0 Å². The van der Waals surface area contributed by atoms with Gasteiger partial charge in [-0.1, -0.05) is 18.2 Å². The fourth-order valence-electron chi connectivity index (χ4n) is 1.91. The predicted molar refractivity (Wildman–Crippen MR) is 78.4 cm³/mol. The molecule has 0 fully saturated rings. The molecule has 6 nitrogen and oxygen atoms in total. The van der Waals surface area contributed by atoms with Crippen LogP contribution in [0.25, 0.3) is 0 Å². The number of hydrogen-bond acceptors (Lipinski definition) is 4. The molecule has 1 N–H and O–H groups in total. The van der Waals surface area contributed by atoms with Gasteiger partial charge in [-0.05, 0) is 17.7 Å². The van der Waals surface area contributed by atoms with Gasteiger partial charge in [0.1, 0.15) is 11.6 Å². The summed E-state index contributed by atoms with van der Waals surface area (Å²) < 4.78 is 18.5. The molecule has 0 saturated carbocycles. The molecule has 0 unspecified atom stereocenters. The Morgan fingerprint density at radius 2 is 2.05 bits per heavy atom. The van der Waals surface area contributed by atoms with Gasteiger partial charge in [-0.25, -0.2) is 4.39 Å². The molecule has 0 aromatic heterocycles. The van der Waals surface area contributed by atoms with E-state index in [1.807, 2.05) is 0 Å². The highest BCUT2D eigenvalue weighted by Crippen LogP contribution is 2.29. The van der Waals surface area contributed by atoms with E-state index in [9.17, 15) is 19.3 Å². The van der Waals surface area contributed by atoms with E-state index in [-0.39, 0.29) is 29.1 Å². The molecule has 7 heteroatoms. The lowest BCUT2D eigenvalue weighted by Crippen LogP contribution is -2.15. The molecule has 0 spiro atoms. The van der Waals surface area contributed by atoms with Crippen LogP contribution in [-0.2, 0) is 11.2 Å². The van der Waals surface area contributed by atoms with E-state index in [0.29, 0.717) is 0 Å². The first-order valence-corrected chi connectivity index (χ1v) is 6.37. The van der Waals surface area contributed by atoms with Gasteiger partial charge in [-0.3, -0.25) is 14.9 Å². The summed E-state index contributed by atoms with van der Waals surface area (Å²) in [6.07, 6.45) is -0.146. The second-order valence-corrected chi connectivity index (χ2v) is 4.46. The van der Waals surface area contributed by atoms with E-state index in [4.69, 9.17) is 4.74 Å². The average molecular weight is 304 g/mol. The molecule has 2 aromatic rings. The lowest BCUT2D eigenvalue weighted by molar-refractivity contribution is -0.384. The highest BCUT2D eigenvalue weighted by atomic mass is 19.1. The molecule has 0 radical (unpaired) electrons. The van der Waals surface area contributed by atoms with Crippen LogP contribution in [0.1, 0.15) is 5.56 Å². The van der Waals surface area contributed by atoms with E-state index in [1.165, 1.54) is 43.5 Å². The van der Waals surface area contributed by atoms with Crippen LogP contribution in [0, 0.1) is 15.9 Å². The monoisotopic (exact) mass is 304 g/mol. The third-order valence-electron chi connectivity index (χ3n) is 2.98. The van der Waals surface area contributed by atoms with Crippen molar-refractivity contribution in [1.82, 2.24) is 0 Å². The van der Waals surface area contributed by atoms with Gasteiger partial charge in [0.15, 0.2) is 0 Å². The SMILES string of the molecule is COc1cc([N+](=O)[O-])ccc1NC(=O)Cc1ccccc1F. The predicted octanol–water partition coefficient (Wildman–Crippen LogP) is 2.92. The summed E-state index contributed by atoms with van der Waals surface area (Å²) in [7, 11) is 1.34. The fourth-order valence-corrected chi connectivity index (χ4v) is 1.91. The van der Waals surface area contributed by atoms with Crippen LogP contribution < -0.4 is 10.1 Å². The summed E-state index contributed by atoms with van der Waals surface area (Å²) >= 11 is 0. The highest BCUT2D eigenvalue weighted by molar-refractivity contribution is 5.93. The number of methoxy groups -OCH3 is 1. The second kappa shape index (κ2) is 6.66. The molecule has 1 amide bonds. The maximum absolute atomic E-state index is 13.5. The summed E-state index contributed by atoms with van der Waals surface area (Å²) in [5.41, 5.74) is 0.402. The summed E-state index contributed by atoms with van der Waals surface area (Å²) in [6, 6.07) is 9.79. The summed E-state index contributed by atoms with van der Waals surface area (Å²) in [6.45, 7) is 0. The molecule has 0 heterocycles. The first kappa shape index (κ1) is 15.4. The minimum atomic E-state index is -0.562. The second-order valence-electron chi connectivity index (χ2n) is 4.46. The number of anilines is 1. The Hall–Kier alpha value is -2.96. The van der Waals surface area contributed by atoms with E-state index in [2.05, 4.69) is 5.32 Å². The number of nitro benzene ring substituents is 1. The number of carbonyl (C=O) groups excluding carboxylic acids is 1. The number of benzene rings is 2. The molecule has 0 saturated heterocycles. The third-order valence-corrected chi connectivity index (χ3v) is 2.98. The Morgan fingerprint density at radius 1 is 1.32 bits per heavy atom. The van der Waals surface area contributed by atoms with Gasteiger partial charge in [0, 0.05) is 6.07 Å². The van der Waals surface area contributed by atoms with E-state index < -0.39 is 16.6 Å². The van der Waals surface area contributed by atoms with Gasteiger partial charge in [-0.15, -0.1) is 0 Å². The Kier molecular flexibility index (Phi) is 4.67. The maximum atomic E-state index is 13.5. The number of amides is 1. The van der Waals surface area contributed by atoms with Gasteiger partial charge in [0.05, 0.1) is 30.2 Å². The molecule has 0 bridgehead atoms. The minimum Gasteiger partial charge on any atom is -0.494 e. The fraction of sp³-hybridized carbons (Fsp3) is 0.133. The molecule has 22 heavy (non-hydrogen) atoms. The van der Waals surface area contributed by atoms with Crippen molar-refractivity contribution in [3.63, 3.8) is 0 Å². The Labute approximate surface area is 125 Å². The minimum absolute atomic E-state index is 0.146. The Balaban J connectivity index is 2.15. The van der Waals surface area contributed by atoms with Crippen molar-refractivity contribution in [3.05, 3.63) is 64.0 Å². The topological polar surface area (TPSA) is 81.5 Å². The maximum Gasteiger partial charge on any atom is 0.273 e. The number of ether oxygens (including phenoxy) is 1. The number of nitrogens with one attached hydrogen (secondary N) is 1. The molecular weight excluding hydrogens is 291 g/mol. The highest BCUT2D eigenvalue weighted by Gasteiger charge is 2.14. The van der Waals surface area contributed by atoms with Crippen LogP contribution in [0.3, 0.4) is 0 Å². The first-order valence-electron chi connectivity index (χ1n) is 6.37. The smallest absolute Gasteiger partial charge is 0.273 e. The number of halogens is 1. The number of carbonyl (C=O) groups is 1. The van der Waals surface area contributed by atoms with Gasteiger partial charge in [-0.2, -0.15) is 0 Å². The molecule has 114 valence electrons. The van der Waals surface area contributed by atoms with Crippen LogP contribution in [0.15, 0.2) is 42.5 Å². The molecule has 2 rings (SSSR count). The zero-order chi connectivity index (χ0) is 16.1. The molecule has 0 atom stereocenters. The quantitative estimate of drug-likeness (QED) is 0.680. The molecule has 0 aliphatic rings. The largest absolute Gasteiger partial charge is 0.494 e. The standard InChI is InChI=1S/C15H13FN2O4/c1-22-14-9-11(18(20)21)6-7-13(14)17-15(19)8-10-4-2-3-5-12(10)16/h2-7,9H,8H2,1H3,(H,17,19). The number of nitro groups is 1. The summed E-state index contributed by atoms with van der Waals surface area (Å²) in [5, 5.41) is 13.3. The van der Waals surface area contributed by atoms with Crippen molar-refractivity contribution in [2.75, 3.05) is 12.4 Å². The lowest BCUT2D eigenvalue weighted by atomic mass is 10.1. The number of non-ortho nitro benzene ring substituents is 1. The molecule has 0 aliphatic heterocycles. The molecule has 2 aromatic carbocycles. The van der Waals surface area contributed by atoms with Gasteiger partial charge in [0.25, 0.3) is 5.69 Å². The van der Waals surface area contributed by atoms with Gasteiger partial charge >= 0.3 is 0 Å². The van der Waals surface area contributed by atoms with Gasteiger partial charge < -0.3 is 10.1 Å². The van der Waals surface area contributed by atoms with Crippen LogP contribution in [-0.4, -0.2) is 17.9 Å².